The quantitative estimate of drug-likeness (QED) is 0.586. The number of nitrogens with zero attached hydrogens (tertiary/aromatic N) is 1. The molecule has 0 saturated heterocycles. The van der Waals surface area contributed by atoms with Crippen molar-refractivity contribution in [3.05, 3.63) is 59.7 Å². The van der Waals surface area contributed by atoms with Crippen LogP contribution in [0.25, 0.3) is 0 Å². The van der Waals surface area contributed by atoms with Crippen LogP contribution in [0.2, 0.25) is 0 Å². The zero-order valence-corrected chi connectivity index (χ0v) is 16.5. The minimum absolute atomic E-state index is 0.406. The summed E-state index contributed by atoms with van der Waals surface area (Å²) in [6.45, 7) is 4.83. The Kier molecular flexibility index (Phi) is 2.60. The van der Waals surface area contributed by atoms with Crippen LogP contribution in [0.1, 0.15) is 50.2 Å². The van der Waals surface area contributed by atoms with Crippen LogP contribution >= 0.6 is 0 Å². The smallest absolute Gasteiger partial charge is 0.0452 e. The number of hydrogen-bond acceptors (Lipinski definition) is 1. The van der Waals surface area contributed by atoms with Gasteiger partial charge in [0.2, 0.25) is 0 Å². The van der Waals surface area contributed by atoms with Crippen LogP contribution in [0.15, 0.2) is 48.5 Å². The molecule has 3 bridgehead atoms. The van der Waals surface area contributed by atoms with Gasteiger partial charge in [0.05, 0.1) is 0 Å². The number of anilines is 2. The molecule has 1 heteroatoms. The van der Waals surface area contributed by atoms with Gasteiger partial charge in [-0.15, -0.1) is 0 Å². The van der Waals surface area contributed by atoms with E-state index in [-0.39, 0.29) is 0 Å². The molecule has 4 aliphatic carbocycles. The zero-order valence-electron chi connectivity index (χ0n) is 16.5. The molecule has 138 valence electrons. The summed E-state index contributed by atoms with van der Waals surface area (Å²) in [5.74, 6) is 3.92. The van der Waals surface area contributed by atoms with Crippen LogP contribution in [0.4, 0.5) is 11.4 Å². The van der Waals surface area contributed by atoms with Gasteiger partial charge in [-0.1, -0.05) is 36.4 Å². The first-order chi connectivity index (χ1) is 13.2. The third-order valence-electron chi connectivity index (χ3n) is 9.77. The Morgan fingerprint density at radius 3 is 2.15 bits per heavy atom. The highest BCUT2D eigenvalue weighted by Crippen LogP contribution is 2.84. The van der Waals surface area contributed by atoms with E-state index in [9.17, 15) is 0 Å². The van der Waals surface area contributed by atoms with E-state index in [1.54, 1.807) is 24.8 Å². The van der Waals surface area contributed by atoms with Crippen LogP contribution < -0.4 is 4.90 Å². The number of rotatable bonds is 1. The number of aryl methyl sites for hydroxylation is 1. The van der Waals surface area contributed by atoms with Gasteiger partial charge in [0, 0.05) is 22.8 Å². The molecule has 2 spiro atoms. The third-order valence-corrected chi connectivity index (χ3v) is 9.77. The molecule has 2 aromatic rings. The van der Waals surface area contributed by atoms with Crippen molar-refractivity contribution in [3.63, 3.8) is 0 Å². The van der Waals surface area contributed by atoms with Crippen LogP contribution in [-0.2, 0) is 5.41 Å². The first kappa shape index (κ1) is 15.2. The summed E-state index contributed by atoms with van der Waals surface area (Å²) in [6.07, 6.45) is 7.67. The molecule has 0 radical (unpaired) electrons. The molecule has 1 heterocycles. The normalized spacial score (nSPS) is 45.3. The maximum absolute atomic E-state index is 2.72. The minimum Gasteiger partial charge on any atom is -0.337 e. The second-order valence-electron chi connectivity index (χ2n) is 10.5. The monoisotopic (exact) mass is 355 g/mol. The topological polar surface area (TPSA) is 3.24 Å². The van der Waals surface area contributed by atoms with E-state index in [1.807, 2.05) is 0 Å². The summed E-state index contributed by atoms with van der Waals surface area (Å²) in [6, 6.07) is 19.0. The molecule has 0 N–H and O–H groups in total. The summed E-state index contributed by atoms with van der Waals surface area (Å²) in [7, 11) is 0. The summed E-state index contributed by atoms with van der Waals surface area (Å²) >= 11 is 0. The molecular weight excluding hydrogens is 326 g/mol. The molecule has 27 heavy (non-hydrogen) atoms. The standard InChI is InChI=1S/C26H29N/c1-16-7-3-5-9-21(16)27-17(2)26(20-8-4-6-10-22(20)27)23-12-18-11-19-13-24(26)25(23,14-18)15-19/h3-10,17-19,23-24H,11-15H2,1-2H3/t17-,18?,19?,23?,24?,25?,26?/m0/s1. The van der Waals surface area contributed by atoms with Crippen LogP contribution in [0.5, 0.6) is 0 Å². The number of para-hydroxylation sites is 2. The van der Waals surface area contributed by atoms with E-state index in [4.69, 9.17) is 0 Å². The second-order valence-corrected chi connectivity index (χ2v) is 10.5. The fourth-order valence-corrected chi connectivity index (χ4v) is 9.42. The first-order valence-corrected chi connectivity index (χ1v) is 11.1. The molecule has 1 aliphatic heterocycles. The van der Waals surface area contributed by atoms with E-state index in [1.165, 1.54) is 29.8 Å². The maximum atomic E-state index is 2.72. The predicted molar refractivity (Wildman–Crippen MR) is 110 cm³/mol. The van der Waals surface area contributed by atoms with Crippen molar-refractivity contribution in [3.8, 4) is 0 Å². The molecule has 2 aromatic carbocycles. The average Bonchev–Trinajstić information content (AvgIpc) is 3.17. The van der Waals surface area contributed by atoms with E-state index in [0.29, 0.717) is 11.5 Å². The Morgan fingerprint density at radius 1 is 0.815 bits per heavy atom. The minimum atomic E-state index is 0.406. The van der Waals surface area contributed by atoms with Gasteiger partial charge >= 0.3 is 0 Å². The molecule has 0 amide bonds. The predicted octanol–water partition coefficient (Wildman–Crippen LogP) is 6.23. The van der Waals surface area contributed by atoms with Gasteiger partial charge in [-0.2, -0.15) is 0 Å². The van der Waals surface area contributed by atoms with Crippen LogP contribution in [-0.4, -0.2) is 6.04 Å². The van der Waals surface area contributed by atoms with Gasteiger partial charge < -0.3 is 4.90 Å². The van der Waals surface area contributed by atoms with Crippen molar-refractivity contribution in [1.82, 2.24) is 0 Å². The number of hydrogen-bond donors (Lipinski definition) is 0. The maximum Gasteiger partial charge on any atom is 0.0452 e. The lowest BCUT2D eigenvalue weighted by Crippen LogP contribution is -2.67. The second kappa shape index (κ2) is 4.62. The third kappa shape index (κ3) is 1.47. The van der Waals surface area contributed by atoms with E-state index in [0.717, 1.165) is 29.1 Å². The largest absolute Gasteiger partial charge is 0.337 e. The zero-order chi connectivity index (χ0) is 18.0. The van der Waals surface area contributed by atoms with Gasteiger partial charge in [0.1, 0.15) is 0 Å². The summed E-state index contributed by atoms with van der Waals surface area (Å²) in [4.78, 5) is 2.72. The van der Waals surface area contributed by atoms with Crippen LogP contribution in [0.3, 0.4) is 0 Å². The van der Waals surface area contributed by atoms with Gasteiger partial charge in [-0.25, -0.2) is 0 Å². The van der Waals surface area contributed by atoms with Crippen molar-refractivity contribution >= 4 is 11.4 Å². The molecule has 5 atom stereocenters. The molecule has 4 saturated carbocycles. The lowest BCUT2D eigenvalue weighted by atomic mass is 9.38. The Hall–Kier alpha value is -1.76. The molecule has 4 unspecified atom stereocenters. The summed E-state index contributed by atoms with van der Waals surface area (Å²) in [5, 5.41) is 0. The Labute approximate surface area is 162 Å². The van der Waals surface area contributed by atoms with Crippen LogP contribution in [0, 0.1) is 36.0 Å². The molecule has 7 rings (SSSR count). The Bertz CT molecular complexity index is 934. The lowest BCUT2D eigenvalue weighted by molar-refractivity contribution is -0.113. The summed E-state index contributed by atoms with van der Waals surface area (Å²) in [5.41, 5.74) is 7.14. The molecule has 5 aliphatic rings. The van der Waals surface area contributed by atoms with Gasteiger partial charge in [-0.05, 0) is 98.3 Å². The van der Waals surface area contributed by atoms with E-state index < -0.39 is 0 Å². The van der Waals surface area contributed by atoms with Gasteiger partial charge in [-0.3, -0.25) is 0 Å². The van der Waals surface area contributed by atoms with E-state index in [2.05, 4.69) is 67.3 Å². The van der Waals surface area contributed by atoms with E-state index >= 15 is 0 Å². The fourth-order valence-electron chi connectivity index (χ4n) is 9.42. The lowest BCUT2D eigenvalue weighted by Gasteiger charge is -2.66. The van der Waals surface area contributed by atoms with Gasteiger partial charge in [0.25, 0.3) is 0 Å². The summed E-state index contributed by atoms with van der Waals surface area (Å²) < 4.78 is 0. The van der Waals surface area contributed by atoms with Crippen molar-refractivity contribution in [1.29, 1.82) is 0 Å². The first-order valence-electron chi connectivity index (χ1n) is 11.1. The highest BCUT2D eigenvalue weighted by molar-refractivity contribution is 5.77. The molecule has 0 aromatic heterocycles. The Balaban J connectivity index is 1.46. The fraction of sp³-hybridized carbons (Fsp3) is 0.538. The molecule has 4 fully saturated rings. The molecular formula is C26H29N. The highest BCUT2D eigenvalue weighted by atomic mass is 15.2. The average molecular weight is 356 g/mol. The highest BCUT2D eigenvalue weighted by Gasteiger charge is 2.80. The van der Waals surface area contributed by atoms with Crippen molar-refractivity contribution < 1.29 is 0 Å². The van der Waals surface area contributed by atoms with Gasteiger partial charge in [0.15, 0.2) is 0 Å². The number of benzene rings is 2. The van der Waals surface area contributed by atoms with Crippen molar-refractivity contribution in [2.24, 2.45) is 29.1 Å². The Morgan fingerprint density at radius 2 is 1.44 bits per heavy atom. The SMILES string of the molecule is Cc1ccccc1N1c2ccccc2C2(C3CC4CC5CC2C3(C4)C5)[C@@H]1C. The van der Waals surface area contributed by atoms with Crippen molar-refractivity contribution in [2.45, 2.75) is 57.4 Å². The van der Waals surface area contributed by atoms with Crippen molar-refractivity contribution in [2.75, 3.05) is 4.90 Å². The number of fused-ring (bicyclic) bond motifs is 6. The molecule has 1 nitrogen and oxygen atoms in total.